The van der Waals surface area contributed by atoms with Crippen LogP contribution in [0, 0.1) is 11.3 Å². The number of pyridine rings is 2. The molecule has 1 amide bonds. The summed E-state index contributed by atoms with van der Waals surface area (Å²) in [6.07, 6.45) is 3.88. The molecule has 0 radical (unpaired) electrons. The minimum Gasteiger partial charge on any atom is -0.477 e. The lowest BCUT2D eigenvalue weighted by Gasteiger charge is -2.48. The van der Waals surface area contributed by atoms with Gasteiger partial charge in [-0.05, 0) is 37.0 Å². The highest BCUT2D eigenvalue weighted by molar-refractivity contribution is 5.91. The molecule has 0 saturated carbocycles. The highest BCUT2D eigenvalue weighted by Crippen LogP contribution is 2.41. The number of aliphatic hydroxyl groups is 1. The minimum atomic E-state index is -1.05. The smallest absolute Gasteiger partial charge is 0.354 e. The summed E-state index contributed by atoms with van der Waals surface area (Å²) >= 11 is 0. The Balaban J connectivity index is 1.17. The van der Waals surface area contributed by atoms with Crippen LogP contribution in [0.1, 0.15) is 46.4 Å². The zero-order valence-corrected chi connectivity index (χ0v) is 20.2. The van der Waals surface area contributed by atoms with E-state index in [1.807, 2.05) is 18.3 Å². The lowest BCUT2D eigenvalue weighted by atomic mass is 9.79. The molecular formula is C25H29N7O4. The molecular weight excluding hydrogens is 462 g/mol. The van der Waals surface area contributed by atoms with Crippen molar-refractivity contribution >= 4 is 29.0 Å². The van der Waals surface area contributed by atoms with Crippen molar-refractivity contribution in [1.29, 1.82) is 0 Å². The van der Waals surface area contributed by atoms with Crippen molar-refractivity contribution < 1.29 is 19.8 Å². The molecule has 6 heterocycles. The molecule has 11 heteroatoms. The highest BCUT2D eigenvalue weighted by Gasteiger charge is 2.49. The number of likely N-dealkylation sites (tertiary alicyclic amines) is 1. The van der Waals surface area contributed by atoms with Crippen LogP contribution >= 0.6 is 0 Å². The lowest BCUT2D eigenvalue weighted by Crippen LogP contribution is -2.58. The number of hydrogen-bond donors (Lipinski definition) is 2. The molecule has 3 fully saturated rings. The Morgan fingerprint density at radius 2 is 1.97 bits per heavy atom. The summed E-state index contributed by atoms with van der Waals surface area (Å²) in [5, 5.41) is 23.7. The van der Waals surface area contributed by atoms with E-state index < -0.39 is 5.97 Å². The van der Waals surface area contributed by atoms with E-state index in [2.05, 4.69) is 31.8 Å². The Hall–Kier alpha value is -3.73. The van der Waals surface area contributed by atoms with E-state index in [1.54, 1.807) is 15.5 Å². The fourth-order valence-electron chi connectivity index (χ4n) is 5.74. The van der Waals surface area contributed by atoms with Gasteiger partial charge in [-0.1, -0.05) is 13.0 Å². The SMILES string of the molecule is CC1CCN(c2cc(CO)c3nc(C(=O)N4CCC5(C4)CN(c4cccc(C(=O)O)n4)C5)nn3c2)C1. The van der Waals surface area contributed by atoms with E-state index in [9.17, 15) is 19.8 Å². The molecule has 3 aliphatic rings. The van der Waals surface area contributed by atoms with Crippen LogP contribution in [0.25, 0.3) is 5.65 Å². The number of carboxylic acids is 1. The summed E-state index contributed by atoms with van der Waals surface area (Å²) in [7, 11) is 0. The molecule has 1 unspecified atom stereocenters. The van der Waals surface area contributed by atoms with E-state index in [1.165, 1.54) is 6.07 Å². The van der Waals surface area contributed by atoms with Gasteiger partial charge >= 0.3 is 5.97 Å². The Morgan fingerprint density at radius 3 is 2.69 bits per heavy atom. The van der Waals surface area contributed by atoms with Gasteiger partial charge in [-0.3, -0.25) is 4.79 Å². The minimum absolute atomic E-state index is 0.0271. The maximum absolute atomic E-state index is 13.3. The van der Waals surface area contributed by atoms with Gasteiger partial charge in [0, 0.05) is 50.2 Å². The molecule has 1 spiro atoms. The number of carbonyl (C=O) groups excluding carboxylic acids is 1. The van der Waals surface area contributed by atoms with Crippen molar-refractivity contribution in [1.82, 2.24) is 24.5 Å². The molecule has 3 saturated heterocycles. The van der Waals surface area contributed by atoms with Crippen molar-refractivity contribution in [2.24, 2.45) is 11.3 Å². The van der Waals surface area contributed by atoms with Gasteiger partial charge < -0.3 is 24.9 Å². The van der Waals surface area contributed by atoms with E-state index in [-0.39, 0.29) is 29.4 Å². The first-order valence-corrected chi connectivity index (χ1v) is 12.3. The van der Waals surface area contributed by atoms with Gasteiger partial charge in [-0.15, -0.1) is 5.10 Å². The fraction of sp³-hybridized carbons (Fsp3) is 0.480. The Bertz CT molecular complexity index is 1350. The summed E-state index contributed by atoms with van der Waals surface area (Å²) in [6.45, 7) is 6.63. The first-order chi connectivity index (χ1) is 17.3. The van der Waals surface area contributed by atoms with Gasteiger partial charge in [-0.2, -0.15) is 0 Å². The normalized spacial score (nSPS) is 20.9. The van der Waals surface area contributed by atoms with Crippen LogP contribution < -0.4 is 9.80 Å². The number of amides is 1. The Morgan fingerprint density at radius 1 is 1.14 bits per heavy atom. The topological polar surface area (TPSA) is 127 Å². The molecule has 188 valence electrons. The fourth-order valence-corrected chi connectivity index (χ4v) is 5.74. The van der Waals surface area contributed by atoms with Crippen molar-refractivity contribution in [3.63, 3.8) is 0 Å². The van der Waals surface area contributed by atoms with Gasteiger partial charge in [0.1, 0.15) is 5.82 Å². The molecule has 0 aliphatic carbocycles. The lowest BCUT2D eigenvalue weighted by molar-refractivity contribution is 0.0688. The number of aliphatic hydroxyl groups excluding tert-OH is 1. The number of rotatable bonds is 5. The van der Waals surface area contributed by atoms with Crippen LogP contribution in [0.5, 0.6) is 0 Å². The first-order valence-electron chi connectivity index (χ1n) is 12.3. The summed E-state index contributed by atoms with van der Waals surface area (Å²) < 4.78 is 1.62. The average molecular weight is 492 g/mol. The van der Waals surface area contributed by atoms with Gasteiger partial charge in [0.05, 0.1) is 18.5 Å². The van der Waals surface area contributed by atoms with Crippen LogP contribution in [-0.4, -0.2) is 85.8 Å². The average Bonchev–Trinajstić information content (AvgIpc) is 3.60. The molecule has 3 aromatic rings. The number of hydrogen-bond acceptors (Lipinski definition) is 8. The molecule has 0 bridgehead atoms. The van der Waals surface area contributed by atoms with Crippen LogP contribution in [0.15, 0.2) is 30.5 Å². The number of nitrogens with zero attached hydrogens (tertiary/aromatic N) is 7. The van der Waals surface area contributed by atoms with E-state index in [0.717, 1.165) is 44.7 Å². The summed E-state index contributed by atoms with van der Waals surface area (Å²) in [6, 6.07) is 6.94. The van der Waals surface area contributed by atoms with Gasteiger partial charge in [-0.25, -0.2) is 19.3 Å². The maximum atomic E-state index is 13.3. The van der Waals surface area contributed by atoms with Crippen LogP contribution in [0.3, 0.4) is 0 Å². The zero-order chi connectivity index (χ0) is 25.0. The molecule has 3 aromatic heterocycles. The third kappa shape index (κ3) is 3.83. The third-order valence-corrected chi connectivity index (χ3v) is 7.70. The molecule has 6 rings (SSSR count). The molecule has 1 atom stereocenters. The first kappa shape index (κ1) is 22.7. The Labute approximate surface area is 208 Å². The molecule has 3 aliphatic heterocycles. The maximum Gasteiger partial charge on any atom is 0.354 e. The summed E-state index contributed by atoms with van der Waals surface area (Å²) in [5.41, 5.74) is 2.13. The predicted molar refractivity (Wildman–Crippen MR) is 131 cm³/mol. The van der Waals surface area contributed by atoms with E-state index in [4.69, 9.17) is 0 Å². The summed E-state index contributed by atoms with van der Waals surface area (Å²) in [4.78, 5) is 39.4. The monoisotopic (exact) mass is 491 g/mol. The zero-order valence-electron chi connectivity index (χ0n) is 20.2. The number of carbonyl (C=O) groups is 2. The number of aromatic carboxylic acids is 1. The molecule has 11 nitrogen and oxygen atoms in total. The molecule has 0 aromatic carbocycles. The standard InChI is InChI=1S/C25H29N7O4/c1-16-5-7-29(10-16)18-9-17(12-33)22-27-21(28-32(22)11-18)23(34)30-8-6-25(13-30)14-31(15-25)20-4-2-3-19(26-20)24(35)36/h2-4,9,11,16,33H,5-8,10,12-15H2,1H3,(H,35,36). The van der Waals surface area contributed by atoms with Gasteiger partial charge in [0.15, 0.2) is 11.3 Å². The number of fused-ring (bicyclic) bond motifs is 1. The second-order valence-electron chi connectivity index (χ2n) is 10.4. The second-order valence-corrected chi connectivity index (χ2v) is 10.4. The van der Waals surface area contributed by atoms with Crippen molar-refractivity contribution in [3.05, 3.63) is 47.5 Å². The molecule has 36 heavy (non-hydrogen) atoms. The number of carboxylic acid groups (broad SMARTS) is 1. The van der Waals surface area contributed by atoms with Crippen molar-refractivity contribution in [2.75, 3.05) is 49.1 Å². The molecule has 2 N–H and O–H groups in total. The second kappa shape index (κ2) is 8.44. The van der Waals surface area contributed by atoms with Crippen molar-refractivity contribution in [2.45, 2.75) is 26.4 Å². The van der Waals surface area contributed by atoms with E-state index in [0.29, 0.717) is 36.0 Å². The van der Waals surface area contributed by atoms with Crippen molar-refractivity contribution in [3.8, 4) is 0 Å². The third-order valence-electron chi connectivity index (χ3n) is 7.70. The Kier molecular flexibility index (Phi) is 5.32. The van der Waals surface area contributed by atoms with Crippen LogP contribution in [0.2, 0.25) is 0 Å². The number of anilines is 2. The van der Waals surface area contributed by atoms with E-state index >= 15 is 0 Å². The summed E-state index contributed by atoms with van der Waals surface area (Å²) in [5.74, 6) is 0.150. The van der Waals surface area contributed by atoms with Gasteiger partial charge in [0.2, 0.25) is 5.82 Å². The van der Waals surface area contributed by atoms with Crippen LogP contribution in [-0.2, 0) is 6.61 Å². The number of aromatic nitrogens is 4. The van der Waals surface area contributed by atoms with Gasteiger partial charge in [0.25, 0.3) is 5.91 Å². The predicted octanol–water partition coefficient (Wildman–Crippen LogP) is 1.51. The largest absolute Gasteiger partial charge is 0.477 e. The quantitative estimate of drug-likeness (QED) is 0.546. The highest BCUT2D eigenvalue weighted by atomic mass is 16.4. The van der Waals surface area contributed by atoms with Crippen LogP contribution in [0.4, 0.5) is 11.5 Å².